The van der Waals surface area contributed by atoms with Crippen LogP contribution >= 0.6 is 15.9 Å². The molecular weight excluding hydrogens is 302 g/mol. The van der Waals surface area contributed by atoms with Crippen molar-refractivity contribution in [3.05, 3.63) is 28.2 Å². The van der Waals surface area contributed by atoms with E-state index in [1.165, 1.54) is 44.2 Å². The van der Waals surface area contributed by atoms with Gasteiger partial charge in [0, 0.05) is 12.6 Å². The average molecular weight is 324 g/mol. The van der Waals surface area contributed by atoms with Gasteiger partial charge in [0.25, 0.3) is 0 Å². The molecule has 1 heterocycles. The first kappa shape index (κ1) is 13.4. The highest BCUT2D eigenvalue weighted by atomic mass is 79.9. The van der Waals surface area contributed by atoms with Crippen LogP contribution in [0.5, 0.6) is 5.75 Å². The van der Waals surface area contributed by atoms with Gasteiger partial charge in [-0.2, -0.15) is 0 Å². The lowest BCUT2D eigenvalue weighted by Gasteiger charge is -2.37. The number of ether oxygens (including phenoxy) is 1. The lowest BCUT2D eigenvalue weighted by molar-refractivity contribution is 0.106. The maximum atomic E-state index is 5.30. The van der Waals surface area contributed by atoms with Crippen molar-refractivity contribution in [1.29, 1.82) is 0 Å². The number of hydrogen-bond acceptors (Lipinski definition) is 2. The average Bonchev–Trinajstić information content (AvgIpc) is 2.88. The predicted octanol–water partition coefficient (Wildman–Crippen LogP) is 4.22. The Morgan fingerprint density at radius 3 is 2.89 bits per heavy atom. The number of halogens is 1. The van der Waals surface area contributed by atoms with Gasteiger partial charge in [-0.1, -0.05) is 12.5 Å². The van der Waals surface area contributed by atoms with Gasteiger partial charge in [-0.25, -0.2) is 0 Å². The quantitative estimate of drug-likeness (QED) is 0.825. The summed E-state index contributed by atoms with van der Waals surface area (Å²) in [7, 11) is 1.72. The van der Waals surface area contributed by atoms with Crippen LogP contribution in [-0.4, -0.2) is 24.6 Å². The van der Waals surface area contributed by atoms with E-state index in [9.17, 15) is 0 Å². The third-order valence-corrected chi connectivity index (χ3v) is 5.33. The number of hydrogen-bond donors (Lipinski definition) is 0. The molecule has 2 unspecified atom stereocenters. The lowest BCUT2D eigenvalue weighted by Crippen LogP contribution is -2.41. The molecule has 2 atom stereocenters. The summed E-state index contributed by atoms with van der Waals surface area (Å²) in [5.74, 6) is 1.89. The van der Waals surface area contributed by atoms with Gasteiger partial charge in [-0.05, 0) is 71.8 Å². The molecular formula is C16H22BrNO. The van der Waals surface area contributed by atoms with Crippen LogP contribution in [0.15, 0.2) is 22.7 Å². The highest BCUT2D eigenvalue weighted by Crippen LogP contribution is 2.37. The molecule has 0 aromatic heterocycles. The van der Waals surface area contributed by atoms with Crippen molar-refractivity contribution in [2.24, 2.45) is 5.92 Å². The number of fused-ring (bicyclic) bond motifs is 1. The molecule has 0 spiro atoms. The molecule has 2 fully saturated rings. The molecule has 3 heteroatoms. The topological polar surface area (TPSA) is 12.5 Å². The fourth-order valence-electron chi connectivity index (χ4n) is 3.80. The predicted molar refractivity (Wildman–Crippen MR) is 81.5 cm³/mol. The molecule has 1 aliphatic heterocycles. The van der Waals surface area contributed by atoms with Crippen molar-refractivity contribution in [2.45, 2.75) is 44.7 Å². The maximum absolute atomic E-state index is 5.30. The summed E-state index contributed by atoms with van der Waals surface area (Å²) < 4.78 is 6.36. The van der Waals surface area contributed by atoms with Crippen LogP contribution in [0.4, 0.5) is 0 Å². The van der Waals surface area contributed by atoms with E-state index < -0.39 is 0 Å². The van der Waals surface area contributed by atoms with Crippen LogP contribution in [0.1, 0.15) is 37.7 Å². The summed E-state index contributed by atoms with van der Waals surface area (Å²) in [6, 6.07) is 7.31. The smallest absolute Gasteiger partial charge is 0.133 e. The molecule has 0 amide bonds. The van der Waals surface area contributed by atoms with Crippen LogP contribution in [0.2, 0.25) is 0 Å². The fourth-order valence-corrected chi connectivity index (χ4v) is 4.38. The second kappa shape index (κ2) is 5.84. The third kappa shape index (κ3) is 2.82. The minimum Gasteiger partial charge on any atom is -0.496 e. The summed E-state index contributed by atoms with van der Waals surface area (Å²) >= 11 is 3.58. The molecule has 0 bridgehead atoms. The van der Waals surface area contributed by atoms with Crippen molar-refractivity contribution in [3.8, 4) is 5.75 Å². The van der Waals surface area contributed by atoms with E-state index >= 15 is 0 Å². The molecule has 1 saturated carbocycles. The van der Waals surface area contributed by atoms with Crippen molar-refractivity contribution < 1.29 is 4.74 Å². The monoisotopic (exact) mass is 323 g/mol. The lowest BCUT2D eigenvalue weighted by atomic mass is 9.91. The molecule has 2 aliphatic rings. The number of piperidine rings is 1. The van der Waals surface area contributed by atoms with Gasteiger partial charge in [0.05, 0.1) is 11.6 Å². The van der Waals surface area contributed by atoms with Gasteiger partial charge in [0.1, 0.15) is 5.75 Å². The Morgan fingerprint density at radius 1 is 1.26 bits per heavy atom. The minimum absolute atomic E-state index is 0.842. The first-order chi connectivity index (χ1) is 9.28. The van der Waals surface area contributed by atoms with Gasteiger partial charge >= 0.3 is 0 Å². The molecule has 1 aliphatic carbocycles. The number of likely N-dealkylation sites (tertiary alicyclic amines) is 1. The van der Waals surface area contributed by atoms with Crippen LogP contribution in [0.3, 0.4) is 0 Å². The van der Waals surface area contributed by atoms with E-state index in [-0.39, 0.29) is 0 Å². The largest absolute Gasteiger partial charge is 0.496 e. The molecule has 104 valence electrons. The Balaban J connectivity index is 1.72. The van der Waals surface area contributed by atoms with E-state index in [0.29, 0.717) is 0 Å². The van der Waals surface area contributed by atoms with E-state index in [1.54, 1.807) is 7.11 Å². The SMILES string of the molecule is COc1ccc(CN2CCCC3CCCC32)cc1Br. The first-order valence-electron chi connectivity index (χ1n) is 7.34. The Morgan fingerprint density at radius 2 is 2.11 bits per heavy atom. The zero-order valence-corrected chi connectivity index (χ0v) is 13.2. The van der Waals surface area contributed by atoms with Gasteiger partial charge in [0.2, 0.25) is 0 Å². The zero-order chi connectivity index (χ0) is 13.2. The normalized spacial score (nSPS) is 27.3. The van der Waals surface area contributed by atoms with Gasteiger partial charge in [-0.15, -0.1) is 0 Å². The summed E-state index contributed by atoms with van der Waals surface area (Å²) in [5, 5.41) is 0. The summed E-state index contributed by atoms with van der Waals surface area (Å²) in [6.45, 7) is 2.36. The molecule has 0 N–H and O–H groups in total. The Labute approximate surface area is 124 Å². The summed E-state index contributed by atoms with van der Waals surface area (Å²) in [6.07, 6.45) is 7.11. The van der Waals surface area contributed by atoms with Crippen molar-refractivity contribution in [1.82, 2.24) is 4.90 Å². The van der Waals surface area contributed by atoms with E-state index in [0.717, 1.165) is 28.7 Å². The highest BCUT2D eigenvalue weighted by molar-refractivity contribution is 9.10. The fraction of sp³-hybridized carbons (Fsp3) is 0.625. The molecule has 0 radical (unpaired) electrons. The third-order valence-electron chi connectivity index (χ3n) is 4.71. The maximum Gasteiger partial charge on any atom is 0.133 e. The second-order valence-corrected chi connectivity index (χ2v) is 6.69. The number of methoxy groups -OCH3 is 1. The number of benzene rings is 1. The standard InChI is InChI=1S/C16H22BrNO/c1-19-16-8-7-12(10-14(16)17)11-18-9-3-5-13-4-2-6-15(13)18/h7-8,10,13,15H,2-6,9,11H2,1H3. The van der Waals surface area contributed by atoms with Gasteiger partial charge < -0.3 is 4.74 Å². The molecule has 19 heavy (non-hydrogen) atoms. The summed E-state index contributed by atoms with van der Waals surface area (Å²) in [5.41, 5.74) is 1.39. The Bertz CT molecular complexity index is 448. The molecule has 3 rings (SSSR count). The Hall–Kier alpha value is -0.540. The first-order valence-corrected chi connectivity index (χ1v) is 8.13. The highest BCUT2D eigenvalue weighted by Gasteiger charge is 2.34. The minimum atomic E-state index is 0.842. The molecule has 1 aromatic carbocycles. The van der Waals surface area contributed by atoms with Crippen molar-refractivity contribution in [3.63, 3.8) is 0 Å². The summed E-state index contributed by atoms with van der Waals surface area (Å²) in [4.78, 5) is 2.70. The van der Waals surface area contributed by atoms with Crippen LogP contribution in [0.25, 0.3) is 0 Å². The molecule has 1 saturated heterocycles. The molecule has 1 aromatic rings. The van der Waals surface area contributed by atoms with Crippen molar-refractivity contribution in [2.75, 3.05) is 13.7 Å². The van der Waals surface area contributed by atoms with E-state index in [2.05, 4.69) is 39.0 Å². The van der Waals surface area contributed by atoms with Crippen LogP contribution < -0.4 is 4.74 Å². The van der Waals surface area contributed by atoms with E-state index in [1.807, 2.05) is 0 Å². The second-order valence-electron chi connectivity index (χ2n) is 5.84. The number of rotatable bonds is 3. The van der Waals surface area contributed by atoms with E-state index in [4.69, 9.17) is 4.74 Å². The Kier molecular flexibility index (Phi) is 4.13. The van der Waals surface area contributed by atoms with Gasteiger partial charge in [-0.3, -0.25) is 4.90 Å². The van der Waals surface area contributed by atoms with Crippen LogP contribution in [0, 0.1) is 5.92 Å². The van der Waals surface area contributed by atoms with Crippen molar-refractivity contribution >= 4 is 15.9 Å². The zero-order valence-electron chi connectivity index (χ0n) is 11.6. The molecule has 2 nitrogen and oxygen atoms in total. The van der Waals surface area contributed by atoms with Gasteiger partial charge in [0.15, 0.2) is 0 Å². The number of nitrogens with zero attached hydrogens (tertiary/aromatic N) is 1. The van der Waals surface area contributed by atoms with Crippen LogP contribution in [-0.2, 0) is 6.54 Å².